The fourth-order valence-corrected chi connectivity index (χ4v) is 2.52. The summed E-state index contributed by atoms with van der Waals surface area (Å²) in [6, 6.07) is 2.40. The molecule has 2 aliphatic rings. The molecule has 1 heterocycles. The second-order valence-electron chi connectivity index (χ2n) is 4.26. The standard InChI is InChI=1S/C12H17NO/c13-9-11-7-4-8-14-12(11)10-5-2-1-3-6-10/h1-2,10-12H,3-8H2. The van der Waals surface area contributed by atoms with Crippen LogP contribution in [0.15, 0.2) is 12.2 Å². The van der Waals surface area contributed by atoms with Crippen molar-refractivity contribution < 1.29 is 4.74 Å². The van der Waals surface area contributed by atoms with Gasteiger partial charge in [0.2, 0.25) is 0 Å². The van der Waals surface area contributed by atoms with Crippen LogP contribution in [0.1, 0.15) is 32.1 Å². The number of nitrogens with zero attached hydrogens (tertiary/aromatic N) is 1. The minimum atomic E-state index is 0.139. The summed E-state index contributed by atoms with van der Waals surface area (Å²) in [5.74, 6) is 0.727. The predicted molar refractivity (Wildman–Crippen MR) is 54.6 cm³/mol. The van der Waals surface area contributed by atoms with Crippen LogP contribution < -0.4 is 0 Å². The average Bonchev–Trinajstić information content (AvgIpc) is 2.30. The largest absolute Gasteiger partial charge is 0.377 e. The fraction of sp³-hybridized carbons (Fsp3) is 0.750. The Hall–Kier alpha value is -0.810. The van der Waals surface area contributed by atoms with Crippen LogP contribution in [0.25, 0.3) is 0 Å². The summed E-state index contributed by atoms with van der Waals surface area (Å²) in [6.07, 6.45) is 10.2. The minimum Gasteiger partial charge on any atom is -0.377 e. The molecule has 1 aliphatic carbocycles. The molecule has 1 fully saturated rings. The Morgan fingerprint density at radius 3 is 2.93 bits per heavy atom. The Kier molecular flexibility index (Phi) is 3.21. The summed E-state index contributed by atoms with van der Waals surface area (Å²) in [4.78, 5) is 0. The summed E-state index contributed by atoms with van der Waals surface area (Å²) in [5, 5.41) is 9.04. The summed E-state index contributed by atoms with van der Waals surface area (Å²) >= 11 is 0. The molecule has 2 heteroatoms. The molecule has 2 rings (SSSR count). The van der Waals surface area contributed by atoms with Crippen LogP contribution in [0.4, 0.5) is 0 Å². The molecule has 0 radical (unpaired) electrons. The Morgan fingerprint density at radius 1 is 1.29 bits per heavy atom. The van der Waals surface area contributed by atoms with Crippen LogP contribution in [0.5, 0.6) is 0 Å². The topological polar surface area (TPSA) is 33.0 Å². The molecule has 0 amide bonds. The Bertz CT molecular complexity index is 254. The second kappa shape index (κ2) is 4.61. The summed E-state index contributed by atoms with van der Waals surface area (Å²) in [5.41, 5.74) is 0. The van der Waals surface area contributed by atoms with E-state index in [0.717, 1.165) is 32.3 Å². The maximum atomic E-state index is 9.04. The van der Waals surface area contributed by atoms with Crippen LogP contribution in [-0.4, -0.2) is 12.7 Å². The first-order valence-corrected chi connectivity index (χ1v) is 5.58. The monoisotopic (exact) mass is 191 g/mol. The number of nitriles is 1. The van der Waals surface area contributed by atoms with Gasteiger partial charge in [-0.1, -0.05) is 12.2 Å². The van der Waals surface area contributed by atoms with E-state index in [1.807, 2.05) is 0 Å². The normalized spacial score (nSPS) is 37.8. The number of hydrogen-bond donors (Lipinski definition) is 0. The van der Waals surface area contributed by atoms with E-state index < -0.39 is 0 Å². The van der Waals surface area contributed by atoms with Crippen molar-refractivity contribution >= 4 is 0 Å². The zero-order chi connectivity index (χ0) is 9.80. The van der Waals surface area contributed by atoms with Gasteiger partial charge in [0.15, 0.2) is 0 Å². The zero-order valence-electron chi connectivity index (χ0n) is 8.48. The highest BCUT2D eigenvalue weighted by molar-refractivity contribution is 4.99. The van der Waals surface area contributed by atoms with Crippen molar-refractivity contribution in [1.82, 2.24) is 0 Å². The first-order valence-electron chi connectivity index (χ1n) is 5.58. The lowest BCUT2D eigenvalue weighted by Crippen LogP contribution is -2.35. The molecule has 3 atom stereocenters. The third-order valence-corrected chi connectivity index (χ3v) is 3.31. The zero-order valence-corrected chi connectivity index (χ0v) is 8.48. The summed E-state index contributed by atoms with van der Waals surface area (Å²) in [6.45, 7) is 0.850. The minimum absolute atomic E-state index is 0.139. The molecule has 0 aromatic rings. The van der Waals surface area contributed by atoms with Gasteiger partial charge in [-0.2, -0.15) is 5.26 Å². The van der Waals surface area contributed by atoms with Crippen molar-refractivity contribution in [2.24, 2.45) is 11.8 Å². The number of hydrogen-bond acceptors (Lipinski definition) is 2. The highest BCUT2D eigenvalue weighted by Crippen LogP contribution is 2.32. The average molecular weight is 191 g/mol. The van der Waals surface area contributed by atoms with E-state index in [2.05, 4.69) is 18.2 Å². The third-order valence-electron chi connectivity index (χ3n) is 3.31. The van der Waals surface area contributed by atoms with Gasteiger partial charge in [-0.05, 0) is 38.0 Å². The Balaban J connectivity index is 2.00. The molecule has 0 saturated carbocycles. The van der Waals surface area contributed by atoms with Gasteiger partial charge < -0.3 is 4.74 Å². The molecular weight excluding hydrogens is 174 g/mol. The Morgan fingerprint density at radius 2 is 2.21 bits per heavy atom. The van der Waals surface area contributed by atoms with Crippen LogP contribution in [0, 0.1) is 23.2 Å². The van der Waals surface area contributed by atoms with Crippen molar-refractivity contribution in [3.8, 4) is 6.07 Å². The Labute approximate surface area is 85.6 Å². The highest BCUT2D eigenvalue weighted by Gasteiger charge is 2.32. The number of ether oxygens (including phenoxy) is 1. The quantitative estimate of drug-likeness (QED) is 0.597. The molecule has 1 aliphatic heterocycles. The maximum absolute atomic E-state index is 9.04. The van der Waals surface area contributed by atoms with Gasteiger partial charge in [-0.3, -0.25) is 0 Å². The number of rotatable bonds is 1. The lowest BCUT2D eigenvalue weighted by atomic mass is 9.81. The molecule has 76 valence electrons. The van der Waals surface area contributed by atoms with Crippen LogP contribution in [0.3, 0.4) is 0 Å². The third kappa shape index (κ3) is 1.99. The predicted octanol–water partition coefficient (Wildman–Crippen LogP) is 2.66. The van der Waals surface area contributed by atoms with Gasteiger partial charge in [0.05, 0.1) is 18.1 Å². The molecule has 0 aromatic carbocycles. The van der Waals surface area contributed by atoms with E-state index in [4.69, 9.17) is 10.00 Å². The molecule has 0 spiro atoms. The van der Waals surface area contributed by atoms with Gasteiger partial charge in [-0.15, -0.1) is 0 Å². The molecule has 1 saturated heterocycles. The summed E-state index contributed by atoms with van der Waals surface area (Å²) in [7, 11) is 0. The van der Waals surface area contributed by atoms with Crippen molar-refractivity contribution in [2.75, 3.05) is 6.61 Å². The molecule has 0 N–H and O–H groups in total. The van der Waals surface area contributed by atoms with E-state index in [1.54, 1.807) is 0 Å². The first kappa shape index (κ1) is 9.73. The molecular formula is C12H17NO. The summed E-state index contributed by atoms with van der Waals surface area (Å²) < 4.78 is 5.76. The smallest absolute Gasteiger partial charge is 0.0764 e. The van der Waals surface area contributed by atoms with Gasteiger partial charge in [0, 0.05) is 6.61 Å². The second-order valence-corrected chi connectivity index (χ2v) is 4.26. The highest BCUT2D eigenvalue weighted by atomic mass is 16.5. The molecule has 3 unspecified atom stereocenters. The SMILES string of the molecule is N#CC1CCCOC1C1CC=CCC1. The van der Waals surface area contributed by atoms with E-state index >= 15 is 0 Å². The van der Waals surface area contributed by atoms with E-state index in [1.165, 1.54) is 6.42 Å². The van der Waals surface area contributed by atoms with Gasteiger partial charge in [0.1, 0.15) is 0 Å². The number of allylic oxidation sites excluding steroid dienone is 2. The fourth-order valence-electron chi connectivity index (χ4n) is 2.52. The lowest BCUT2D eigenvalue weighted by molar-refractivity contribution is -0.0462. The first-order chi connectivity index (χ1) is 6.92. The van der Waals surface area contributed by atoms with Crippen LogP contribution in [-0.2, 0) is 4.74 Å². The van der Waals surface area contributed by atoms with Crippen molar-refractivity contribution in [3.05, 3.63) is 12.2 Å². The maximum Gasteiger partial charge on any atom is 0.0764 e. The van der Waals surface area contributed by atoms with Gasteiger partial charge in [-0.25, -0.2) is 0 Å². The van der Waals surface area contributed by atoms with Gasteiger partial charge in [0.25, 0.3) is 0 Å². The molecule has 0 bridgehead atoms. The molecule has 0 aromatic heterocycles. The van der Waals surface area contributed by atoms with Crippen LogP contribution >= 0.6 is 0 Å². The molecule has 14 heavy (non-hydrogen) atoms. The van der Waals surface area contributed by atoms with Gasteiger partial charge >= 0.3 is 0 Å². The van der Waals surface area contributed by atoms with E-state index in [9.17, 15) is 0 Å². The lowest BCUT2D eigenvalue weighted by Gasteiger charge is -2.34. The molecule has 2 nitrogen and oxygen atoms in total. The van der Waals surface area contributed by atoms with Crippen molar-refractivity contribution in [2.45, 2.75) is 38.2 Å². The van der Waals surface area contributed by atoms with Crippen molar-refractivity contribution in [3.63, 3.8) is 0 Å². The van der Waals surface area contributed by atoms with Crippen LogP contribution in [0.2, 0.25) is 0 Å². The van der Waals surface area contributed by atoms with E-state index in [0.29, 0.717) is 5.92 Å². The van der Waals surface area contributed by atoms with E-state index in [-0.39, 0.29) is 12.0 Å². The van der Waals surface area contributed by atoms with Crippen molar-refractivity contribution in [1.29, 1.82) is 5.26 Å².